The molecular weight excluding hydrogens is 266 g/mol. The van der Waals surface area contributed by atoms with Crippen LogP contribution in [0.5, 0.6) is 0 Å². The van der Waals surface area contributed by atoms with Crippen molar-refractivity contribution in [2.75, 3.05) is 6.54 Å². The third kappa shape index (κ3) is 5.42. The molecule has 0 aliphatic heterocycles. The summed E-state index contributed by atoms with van der Waals surface area (Å²) in [5.74, 6) is 0.315. The van der Waals surface area contributed by atoms with Crippen molar-refractivity contribution < 1.29 is 4.79 Å². The highest BCUT2D eigenvalue weighted by Gasteiger charge is 2.03. The Labute approximate surface area is 105 Å². The normalized spacial score (nSPS) is 10.4. The van der Waals surface area contributed by atoms with Gasteiger partial charge in [0.2, 0.25) is 0 Å². The summed E-state index contributed by atoms with van der Waals surface area (Å²) in [4.78, 5) is 11.6. The first-order valence-corrected chi connectivity index (χ1v) is 6.48. The van der Waals surface area contributed by atoms with E-state index in [4.69, 9.17) is 5.73 Å². The number of hydrogen-bond donors (Lipinski definition) is 1. The minimum absolute atomic E-state index is 0.315. The van der Waals surface area contributed by atoms with Crippen molar-refractivity contribution in [2.45, 2.75) is 32.1 Å². The predicted octanol–water partition coefficient (Wildman–Crippen LogP) is 3.08. The zero-order chi connectivity index (χ0) is 11.8. The highest BCUT2D eigenvalue weighted by molar-refractivity contribution is 9.10. The van der Waals surface area contributed by atoms with Gasteiger partial charge in [0.25, 0.3) is 0 Å². The second kappa shape index (κ2) is 7.58. The Bertz CT molecular complexity index is 338. The van der Waals surface area contributed by atoms with E-state index >= 15 is 0 Å². The van der Waals surface area contributed by atoms with E-state index in [0.29, 0.717) is 18.6 Å². The zero-order valence-corrected chi connectivity index (χ0v) is 11.0. The number of unbranched alkanes of at least 4 members (excludes halogenated alkanes) is 2. The summed E-state index contributed by atoms with van der Waals surface area (Å²) in [5, 5.41) is 0. The molecule has 0 aliphatic carbocycles. The number of halogens is 1. The van der Waals surface area contributed by atoms with Crippen molar-refractivity contribution in [3.05, 3.63) is 34.3 Å². The topological polar surface area (TPSA) is 43.1 Å². The van der Waals surface area contributed by atoms with Gasteiger partial charge in [-0.05, 0) is 37.1 Å². The van der Waals surface area contributed by atoms with Crippen LogP contribution in [0.25, 0.3) is 0 Å². The SMILES string of the molecule is NCCCCCC(=O)Cc1cccc(Br)c1. The fourth-order valence-corrected chi connectivity index (χ4v) is 2.05. The van der Waals surface area contributed by atoms with Gasteiger partial charge in [-0.15, -0.1) is 0 Å². The molecule has 88 valence electrons. The number of benzene rings is 1. The lowest BCUT2D eigenvalue weighted by molar-refractivity contribution is -0.118. The van der Waals surface area contributed by atoms with Gasteiger partial charge in [-0.3, -0.25) is 4.79 Å². The van der Waals surface area contributed by atoms with E-state index in [1.54, 1.807) is 0 Å². The maximum absolute atomic E-state index is 11.6. The monoisotopic (exact) mass is 283 g/mol. The largest absolute Gasteiger partial charge is 0.330 e. The minimum atomic E-state index is 0.315. The second-order valence-corrected chi connectivity index (χ2v) is 4.86. The Morgan fingerprint density at radius 2 is 2.06 bits per heavy atom. The smallest absolute Gasteiger partial charge is 0.137 e. The summed E-state index contributed by atoms with van der Waals surface area (Å²) in [7, 11) is 0. The lowest BCUT2D eigenvalue weighted by atomic mass is 10.0. The lowest BCUT2D eigenvalue weighted by Gasteiger charge is -2.02. The van der Waals surface area contributed by atoms with Crippen molar-refractivity contribution in [2.24, 2.45) is 5.73 Å². The maximum atomic E-state index is 11.6. The molecule has 0 bridgehead atoms. The third-order valence-corrected chi connectivity index (χ3v) is 2.94. The molecule has 0 saturated carbocycles. The Morgan fingerprint density at radius 3 is 2.75 bits per heavy atom. The van der Waals surface area contributed by atoms with Crippen LogP contribution in [0.3, 0.4) is 0 Å². The van der Waals surface area contributed by atoms with Crippen molar-refractivity contribution in [1.82, 2.24) is 0 Å². The predicted molar refractivity (Wildman–Crippen MR) is 70.4 cm³/mol. The van der Waals surface area contributed by atoms with Gasteiger partial charge in [0.15, 0.2) is 0 Å². The molecule has 1 aromatic carbocycles. The average molecular weight is 284 g/mol. The first-order valence-electron chi connectivity index (χ1n) is 5.68. The highest BCUT2D eigenvalue weighted by atomic mass is 79.9. The molecule has 0 atom stereocenters. The molecule has 1 rings (SSSR count). The number of carbonyl (C=O) groups is 1. The quantitative estimate of drug-likeness (QED) is 0.782. The van der Waals surface area contributed by atoms with Gasteiger partial charge in [-0.2, -0.15) is 0 Å². The van der Waals surface area contributed by atoms with Crippen LogP contribution < -0.4 is 5.73 Å². The lowest BCUT2D eigenvalue weighted by Crippen LogP contribution is -2.03. The number of carbonyl (C=O) groups excluding carboxylic acids is 1. The fourth-order valence-electron chi connectivity index (χ4n) is 1.61. The Balaban J connectivity index is 2.29. The molecule has 3 heteroatoms. The number of Topliss-reactive ketones (excluding diaryl/α,β-unsaturated/α-hetero) is 1. The van der Waals surface area contributed by atoms with Gasteiger partial charge < -0.3 is 5.73 Å². The van der Waals surface area contributed by atoms with E-state index in [9.17, 15) is 4.79 Å². The zero-order valence-electron chi connectivity index (χ0n) is 9.42. The van der Waals surface area contributed by atoms with Crippen molar-refractivity contribution in [3.63, 3.8) is 0 Å². The van der Waals surface area contributed by atoms with Crippen LogP contribution >= 0.6 is 15.9 Å². The molecule has 1 aromatic rings. The van der Waals surface area contributed by atoms with Crippen LogP contribution in [0.15, 0.2) is 28.7 Å². The first kappa shape index (κ1) is 13.4. The van der Waals surface area contributed by atoms with Crippen LogP contribution in [0, 0.1) is 0 Å². The summed E-state index contributed by atoms with van der Waals surface area (Å²) >= 11 is 3.40. The van der Waals surface area contributed by atoms with Gasteiger partial charge in [0.1, 0.15) is 5.78 Å². The van der Waals surface area contributed by atoms with Crippen LogP contribution in [-0.2, 0) is 11.2 Å². The minimum Gasteiger partial charge on any atom is -0.330 e. The van der Waals surface area contributed by atoms with E-state index in [0.717, 1.165) is 35.8 Å². The van der Waals surface area contributed by atoms with E-state index in [1.807, 2.05) is 24.3 Å². The molecule has 0 spiro atoms. The van der Waals surface area contributed by atoms with E-state index in [-0.39, 0.29) is 0 Å². The molecule has 0 unspecified atom stereocenters. The molecule has 0 amide bonds. The number of hydrogen-bond acceptors (Lipinski definition) is 2. The molecule has 2 nitrogen and oxygen atoms in total. The summed E-state index contributed by atoms with van der Waals surface area (Å²) in [6, 6.07) is 7.91. The van der Waals surface area contributed by atoms with Gasteiger partial charge in [0, 0.05) is 17.3 Å². The van der Waals surface area contributed by atoms with Crippen molar-refractivity contribution in [1.29, 1.82) is 0 Å². The van der Waals surface area contributed by atoms with Crippen LogP contribution in [0.2, 0.25) is 0 Å². The fraction of sp³-hybridized carbons (Fsp3) is 0.462. The molecular formula is C13H18BrNO. The highest BCUT2D eigenvalue weighted by Crippen LogP contribution is 2.13. The van der Waals surface area contributed by atoms with Crippen LogP contribution in [0.4, 0.5) is 0 Å². The Hall–Kier alpha value is -0.670. The van der Waals surface area contributed by atoms with Gasteiger partial charge >= 0.3 is 0 Å². The summed E-state index contributed by atoms with van der Waals surface area (Å²) in [5.41, 5.74) is 6.48. The van der Waals surface area contributed by atoms with Gasteiger partial charge in [-0.1, -0.05) is 34.5 Å². The molecule has 0 aromatic heterocycles. The number of ketones is 1. The Kier molecular flexibility index (Phi) is 6.34. The maximum Gasteiger partial charge on any atom is 0.137 e. The van der Waals surface area contributed by atoms with E-state index in [2.05, 4.69) is 15.9 Å². The number of rotatable bonds is 7. The van der Waals surface area contributed by atoms with Crippen molar-refractivity contribution >= 4 is 21.7 Å². The molecule has 0 fully saturated rings. The van der Waals surface area contributed by atoms with Crippen LogP contribution in [-0.4, -0.2) is 12.3 Å². The summed E-state index contributed by atoms with van der Waals surface area (Å²) in [6.07, 6.45) is 4.25. The molecule has 0 aliphatic rings. The summed E-state index contributed by atoms with van der Waals surface area (Å²) < 4.78 is 1.03. The van der Waals surface area contributed by atoms with E-state index < -0.39 is 0 Å². The van der Waals surface area contributed by atoms with Gasteiger partial charge in [-0.25, -0.2) is 0 Å². The molecule has 0 saturated heterocycles. The number of nitrogens with two attached hydrogens (primary N) is 1. The van der Waals surface area contributed by atoms with Crippen LogP contribution in [0.1, 0.15) is 31.2 Å². The third-order valence-electron chi connectivity index (χ3n) is 2.45. The van der Waals surface area contributed by atoms with Crippen molar-refractivity contribution in [3.8, 4) is 0 Å². The standard InChI is InChI=1S/C13H18BrNO/c14-12-6-4-5-11(9-12)10-13(16)7-2-1-3-8-15/h4-6,9H,1-3,7-8,10,15H2. The average Bonchev–Trinajstić information content (AvgIpc) is 2.24. The molecule has 0 heterocycles. The van der Waals surface area contributed by atoms with Gasteiger partial charge in [0.05, 0.1) is 0 Å². The molecule has 2 N–H and O–H groups in total. The van der Waals surface area contributed by atoms with E-state index in [1.165, 1.54) is 0 Å². The second-order valence-electron chi connectivity index (χ2n) is 3.94. The molecule has 16 heavy (non-hydrogen) atoms. The Morgan fingerprint density at radius 1 is 1.25 bits per heavy atom. The summed E-state index contributed by atoms with van der Waals surface area (Å²) in [6.45, 7) is 0.722. The first-order chi connectivity index (χ1) is 7.72. The molecule has 0 radical (unpaired) electrons.